The minimum atomic E-state index is -4.36. The van der Waals surface area contributed by atoms with Crippen LogP contribution in [0.5, 0.6) is 0 Å². The maximum Gasteiger partial charge on any atom is 0.416 e. The maximum absolute atomic E-state index is 12.6. The highest BCUT2D eigenvalue weighted by atomic mass is 19.4. The van der Waals surface area contributed by atoms with Gasteiger partial charge in [-0.1, -0.05) is 17.3 Å². The lowest BCUT2D eigenvalue weighted by molar-refractivity contribution is -0.137. The molecule has 1 N–H and O–H groups in total. The number of alkyl halides is 3. The van der Waals surface area contributed by atoms with E-state index in [1.807, 2.05) is 0 Å². The smallest absolute Gasteiger partial charge is 0.341 e. The lowest BCUT2D eigenvalue weighted by Crippen LogP contribution is -2.35. The molecule has 1 aromatic heterocycles. The summed E-state index contributed by atoms with van der Waals surface area (Å²) in [5, 5.41) is 10.2. The van der Waals surface area contributed by atoms with Crippen LogP contribution in [0.2, 0.25) is 0 Å². The molecule has 0 bridgehead atoms. The molecule has 1 aromatic carbocycles. The van der Waals surface area contributed by atoms with E-state index in [0.717, 1.165) is 12.1 Å². The van der Waals surface area contributed by atoms with Gasteiger partial charge in [0.05, 0.1) is 17.3 Å². The van der Waals surface area contributed by atoms with Gasteiger partial charge in [0.15, 0.2) is 0 Å². The van der Waals surface area contributed by atoms with Crippen molar-refractivity contribution in [1.82, 2.24) is 20.3 Å². The zero-order valence-corrected chi connectivity index (χ0v) is 11.7. The van der Waals surface area contributed by atoms with Crippen LogP contribution in [0.25, 0.3) is 0 Å². The molecular weight excluding hydrogens is 297 g/mol. The lowest BCUT2D eigenvalue weighted by atomic mass is 10.0. The van der Waals surface area contributed by atoms with Crippen molar-refractivity contribution in [3.8, 4) is 0 Å². The van der Waals surface area contributed by atoms with Crippen LogP contribution < -0.4 is 5.32 Å². The second kappa shape index (κ2) is 4.82. The van der Waals surface area contributed by atoms with E-state index in [2.05, 4.69) is 15.6 Å². The van der Waals surface area contributed by atoms with Gasteiger partial charge in [0.2, 0.25) is 0 Å². The molecule has 1 saturated carbocycles. The average Bonchev–Trinajstić information content (AvgIpc) is 3.11. The second-order valence-corrected chi connectivity index (χ2v) is 5.35. The standard InChI is InChI=1S/C14H13F3N4O/c1-21-11(8-18-20-21)12(22)19-13(6-7-13)9-2-4-10(5-3-9)14(15,16)17/h2-5,8H,6-7H2,1H3,(H,19,22). The van der Waals surface area contributed by atoms with Crippen molar-refractivity contribution in [2.45, 2.75) is 24.6 Å². The SMILES string of the molecule is Cn1nncc1C(=O)NC1(c2ccc(C(F)(F)F)cc2)CC1. The highest BCUT2D eigenvalue weighted by molar-refractivity contribution is 5.93. The van der Waals surface area contributed by atoms with Gasteiger partial charge in [0.25, 0.3) is 5.91 Å². The zero-order valence-electron chi connectivity index (χ0n) is 11.7. The van der Waals surface area contributed by atoms with Crippen molar-refractivity contribution in [2.75, 3.05) is 0 Å². The number of carbonyl (C=O) groups excluding carboxylic acids is 1. The van der Waals surface area contributed by atoms with Crippen LogP contribution in [0.4, 0.5) is 13.2 Å². The first-order valence-corrected chi connectivity index (χ1v) is 6.67. The quantitative estimate of drug-likeness (QED) is 0.946. The second-order valence-electron chi connectivity index (χ2n) is 5.35. The highest BCUT2D eigenvalue weighted by Gasteiger charge is 2.46. The summed E-state index contributed by atoms with van der Waals surface area (Å²) in [4.78, 5) is 12.2. The van der Waals surface area contributed by atoms with E-state index in [-0.39, 0.29) is 5.91 Å². The third-order valence-corrected chi connectivity index (χ3v) is 3.81. The molecule has 0 aliphatic heterocycles. The van der Waals surface area contributed by atoms with E-state index in [9.17, 15) is 18.0 Å². The zero-order chi connectivity index (χ0) is 16.0. The summed E-state index contributed by atoms with van der Waals surface area (Å²) in [6.07, 6.45) is -1.64. The number of rotatable bonds is 3. The first-order chi connectivity index (χ1) is 10.3. The Morgan fingerprint density at radius 2 is 1.91 bits per heavy atom. The molecule has 3 rings (SSSR count). The Bertz CT molecular complexity index is 702. The number of halogens is 3. The van der Waals surface area contributed by atoms with Crippen molar-refractivity contribution in [3.63, 3.8) is 0 Å². The van der Waals surface area contributed by atoms with Crippen molar-refractivity contribution in [2.24, 2.45) is 7.05 Å². The van der Waals surface area contributed by atoms with Crippen LogP contribution in [-0.2, 0) is 18.8 Å². The first kappa shape index (κ1) is 14.6. The van der Waals surface area contributed by atoms with E-state index in [0.29, 0.717) is 24.1 Å². The van der Waals surface area contributed by atoms with E-state index >= 15 is 0 Å². The van der Waals surface area contributed by atoms with Crippen molar-refractivity contribution in [3.05, 3.63) is 47.3 Å². The topological polar surface area (TPSA) is 59.8 Å². The van der Waals surface area contributed by atoms with Crippen LogP contribution in [0.15, 0.2) is 30.5 Å². The molecule has 8 heteroatoms. The fourth-order valence-corrected chi connectivity index (χ4v) is 2.37. The number of nitrogens with one attached hydrogen (secondary N) is 1. The fourth-order valence-electron chi connectivity index (χ4n) is 2.37. The van der Waals surface area contributed by atoms with Crippen LogP contribution in [0.3, 0.4) is 0 Å². The van der Waals surface area contributed by atoms with Gasteiger partial charge < -0.3 is 5.32 Å². The van der Waals surface area contributed by atoms with Crippen LogP contribution in [0.1, 0.15) is 34.5 Å². The fraction of sp³-hybridized carbons (Fsp3) is 0.357. The maximum atomic E-state index is 12.6. The normalized spacial score (nSPS) is 16.4. The molecule has 0 unspecified atom stereocenters. The minimum absolute atomic E-state index is 0.304. The number of benzene rings is 1. The molecule has 1 aliphatic rings. The van der Waals surface area contributed by atoms with Gasteiger partial charge in [-0.05, 0) is 30.5 Å². The molecule has 5 nitrogen and oxygen atoms in total. The number of hydrogen-bond donors (Lipinski definition) is 1. The van der Waals surface area contributed by atoms with Gasteiger partial charge in [-0.3, -0.25) is 4.79 Å². The summed E-state index contributed by atoms with van der Waals surface area (Å²) in [6.45, 7) is 0. The largest absolute Gasteiger partial charge is 0.416 e. The van der Waals surface area contributed by atoms with Crippen molar-refractivity contribution >= 4 is 5.91 Å². The summed E-state index contributed by atoms with van der Waals surface area (Å²) < 4.78 is 39.1. The Morgan fingerprint density at radius 1 is 1.27 bits per heavy atom. The third kappa shape index (κ3) is 2.56. The highest BCUT2D eigenvalue weighted by Crippen LogP contribution is 2.46. The number of hydrogen-bond acceptors (Lipinski definition) is 3. The number of carbonyl (C=O) groups is 1. The van der Waals surface area contributed by atoms with Crippen molar-refractivity contribution < 1.29 is 18.0 Å². The predicted molar refractivity (Wildman–Crippen MR) is 70.8 cm³/mol. The third-order valence-electron chi connectivity index (χ3n) is 3.81. The van der Waals surface area contributed by atoms with Gasteiger partial charge in [0, 0.05) is 7.05 Å². The van der Waals surface area contributed by atoms with Gasteiger partial charge >= 0.3 is 6.18 Å². The molecule has 0 atom stereocenters. The van der Waals surface area contributed by atoms with Gasteiger partial charge in [-0.2, -0.15) is 13.2 Å². The summed E-state index contributed by atoms with van der Waals surface area (Å²) >= 11 is 0. The summed E-state index contributed by atoms with van der Waals surface area (Å²) in [5.74, 6) is -0.343. The molecule has 1 amide bonds. The van der Waals surface area contributed by atoms with Crippen LogP contribution in [-0.4, -0.2) is 20.9 Å². The molecule has 1 aliphatic carbocycles. The Balaban J connectivity index is 1.79. The Kier molecular flexibility index (Phi) is 3.19. The molecule has 116 valence electrons. The number of aromatic nitrogens is 3. The predicted octanol–water partition coefficient (Wildman–Crippen LogP) is 2.25. The molecule has 0 spiro atoms. The summed E-state index contributed by atoms with van der Waals surface area (Å²) in [6, 6.07) is 4.90. The molecule has 0 radical (unpaired) electrons. The molecule has 0 saturated heterocycles. The number of amides is 1. The van der Waals surface area contributed by atoms with Gasteiger partial charge in [0.1, 0.15) is 5.69 Å². The lowest BCUT2D eigenvalue weighted by Gasteiger charge is -2.18. The molecule has 1 fully saturated rings. The van der Waals surface area contributed by atoms with E-state index in [1.165, 1.54) is 23.0 Å². The van der Waals surface area contributed by atoms with E-state index in [1.54, 1.807) is 7.05 Å². The van der Waals surface area contributed by atoms with Crippen LogP contribution in [0, 0.1) is 0 Å². The molecule has 1 heterocycles. The average molecular weight is 310 g/mol. The number of nitrogens with zero attached hydrogens (tertiary/aromatic N) is 3. The summed E-state index contributed by atoms with van der Waals surface area (Å²) in [5.41, 5.74) is -0.317. The van der Waals surface area contributed by atoms with Crippen LogP contribution >= 0.6 is 0 Å². The monoisotopic (exact) mass is 310 g/mol. The van der Waals surface area contributed by atoms with Crippen molar-refractivity contribution in [1.29, 1.82) is 0 Å². The molecule has 2 aromatic rings. The molecular formula is C14H13F3N4O. The van der Waals surface area contributed by atoms with E-state index in [4.69, 9.17) is 0 Å². The minimum Gasteiger partial charge on any atom is -0.341 e. The Hall–Kier alpha value is -2.38. The first-order valence-electron chi connectivity index (χ1n) is 6.67. The molecule has 22 heavy (non-hydrogen) atoms. The Morgan fingerprint density at radius 3 is 2.36 bits per heavy atom. The van der Waals surface area contributed by atoms with Gasteiger partial charge in [-0.25, -0.2) is 4.68 Å². The number of aryl methyl sites for hydroxylation is 1. The Labute approximate surface area is 124 Å². The summed E-state index contributed by atoms with van der Waals surface area (Å²) in [7, 11) is 1.60. The van der Waals surface area contributed by atoms with Gasteiger partial charge in [-0.15, -0.1) is 5.10 Å². The van der Waals surface area contributed by atoms with E-state index < -0.39 is 17.3 Å².